The van der Waals surface area contributed by atoms with Gasteiger partial charge in [0.2, 0.25) is 10.0 Å². The summed E-state index contributed by atoms with van der Waals surface area (Å²) in [6, 6.07) is 1.54. The van der Waals surface area contributed by atoms with E-state index in [1.165, 1.54) is 11.3 Å². The van der Waals surface area contributed by atoms with Gasteiger partial charge in [-0.15, -0.1) is 11.3 Å². The van der Waals surface area contributed by atoms with Crippen LogP contribution in [0.3, 0.4) is 0 Å². The molecule has 0 aliphatic rings. The summed E-state index contributed by atoms with van der Waals surface area (Å²) in [6.07, 6.45) is 0.903. The topological polar surface area (TPSA) is 66.4 Å². The van der Waals surface area contributed by atoms with Crippen molar-refractivity contribution in [1.82, 2.24) is 4.72 Å². The van der Waals surface area contributed by atoms with Crippen molar-refractivity contribution in [2.45, 2.75) is 45.6 Å². The molecule has 1 heterocycles. The van der Waals surface area contributed by atoms with Gasteiger partial charge in [0.15, 0.2) is 0 Å². The fourth-order valence-electron chi connectivity index (χ4n) is 1.36. The molecule has 0 radical (unpaired) electrons. The summed E-state index contributed by atoms with van der Waals surface area (Å²) < 4.78 is 27.0. The van der Waals surface area contributed by atoms with E-state index < -0.39 is 10.0 Å². The van der Waals surface area contributed by atoms with Gasteiger partial charge in [-0.1, -0.05) is 20.8 Å². The molecule has 0 aliphatic carbocycles. The Morgan fingerprint density at radius 2 is 2.06 bits per heavy atom. The predicted octanol–water partition coefficient (Wildman–Crippen LogP) is 2.26. The van der Waals surface area contributed by atoms with Crippen molar-refractivity contribution in [3.8, 4) is 0 Å². The Bertz CT molecular complexity index is 503. The highest BCUT2D eigenvalue weighted by molar-refractivity contribution is 7.89. The second-order valence-corrected chi connectivity index (χ2v) is 8.21. The highest BCUT2D eigenvalue weighted by Gasteiger charge is 2.23. The van der Waals surface area contributed by atoms with Gasteiger partial charge in [-0.2, -0.15) is 0 Å². The summed E-state index contributed by atoms with van der Waals surface area (Å²) in [5, 5.41) is 9.03. The van der Waals surface area contributed by atoms with Crippen LogP contribution >= 0.6 is 11.3 Å². The second-order valence-electron chi connectivity index (χ2n) is 5.13. The van der Waals surface area contributed by atoms with Crippen LogP contribution in [0.2, 0.25) is 0 Å². The average Bonchev–Trinajstić information content (AvgIpc) is 2.69. The molecule has 1 aromatic rings. The second kappa shape index (κ2) is 5.69. The predicted molar refractivity (Wildman–Crippen MR) is 74.2 cm³/mol. The Labute approximate surface area is 113 Å². The molecular formula is C12H21NO3S2. The minimum atomic E-state index is -3.47. The molecule has 0 saturated carbocycles. The van der Waals surface area contributed by atoms with Gasteiger partial charge in [0, 0.05) is 16.3 Å². The van der Waals surface area contributed by atoms with Crippen LogP contribution in [0.4, 0.5) is 0 Å². The SMILES string of the molecule is CCC(C)(C)CNS(=O)(=O)c1cc(CO)sc1C. The molecule has 0 saturated heterocycles. The summed E-state index contributed by atoms with van der Waals surface area (Å²) in [5.41, 5.74) is -0.0587. The molecule has 0 unspecified atom stereocenters. The molecule has 0 aliphatic heterocycles. The Morgan fingerprint density at radius 1 is 1.44 bits per heavy atom. The third-order valence-corrected chi connectivity index (χ3v) is 5.76. The number of aliphatic hydroxyl groups excluding tert-OH is 1. The van der Waals surface area contributed by atoms with Crippen molar-refractivity contribution in [2.24, 2.45) is 5.41 Å². The molecule has 1 aromatic heterocycles. The molecule has 0 bridgehead atoms. The molecule has 2 N–H and O–H groups in total. The first kappa shape index (κ1) is 15.6. The summed E-state index contributed by atoms with van der Waals surface area (Å²) >= 11 is 1.31. The fourth-order valence-corrected chi connectivity index (χ4v) is 4.10. The summed E-state index contributed by atoms with van der Waals surface area (Å²) in [5.74, 6) is 0. The van der Waals surface area contributed by atoms with Crippen LogP contribution in [0.1, 0.15) is 36.9 Å². The molecule has 4 nitrogen and oxygen atoms in total. The van der Waals surface area contributed by atoms with Crippen molar-refractivity contribution in [3.63, 3.8) is 0 Å². The van der Waals surface area contributed by atoms with Crippen LogP contribution in [-0.2, 0) is 16.6 Å². The Kier molecular flexibility index (Phi) is 4.94. The number of hydrogen-bond acceptors (Lipinski definition) is 4. The normalized spacial score (nSPS) is 12.9. The largest absolute Gasteiger partial charge is 0.391 e. The molecule has 1 rings (SSSR count). The number of thiophene rings is 1. The minimum Gasteiger partial charge on any atom is -0.391 e. The molecule has 0 aromatic carbocycles. The van der Waals surface area contributed by atoms with Gasteiger partial charge in [-0.05, 0) is 24.8 Å². The van der Waals surface area contributed by atoms with Crippen molar-refractivity contribution >= 4 is 21.4 Å². The molecule has 0 amide bonds. The Balaban J connectivity index is 2.90. The lowest BCUT2D eigenvalue weighted by molar-refractivity contribution is 0.285. The number of rotatable bonds is 6. The summed E-state index contributed by atoms with van der Waals surface area (Å²) in [6.45, 7) is 8.12. The quantitative estimate of drug-likeness (QED) is 0.845. The van der Waals surface area contributed by atoms with Gasteiger partial charge >= 0.3 is 0 Å². The Hall–Kier alpha value is -0.430. The van der Waals surface area contributed by atoms with E-state index in [2.05, 4.69) is 4.72 Å². The number of hydrogen-bond donors (Lipinski definition) is 2. The third kappa shape index (κ3) is 3.78. The first-order valence-corrected chi connectivity index (χ1v) is 8.21. The van der Waals surface area contributed by atoms with E-state index >= 15 is 0 Å². The zero-order chi connectivity index (χ0) is 14.0. The van der Waals surface area contributed by atoms with Crippen LogP contribution in [0.5, 0.6) is 0 Å². The highest BCUT2D eigenvalue weighted by atomic mass is 32.2. The molecule has 104 valence electrons. The number of nitrogens with one attached hydrogen (secondary N) is 1. The van der Waals surface area contributed by atoms with E-state index in [-0.39, 0.29) is 16.9 Å². The highest BCUT2D eigenvalue weighted by Crippen LogP contribution is 2.26. The number of sulfonamides is 1. The summed E-state index contributed by atoms with van der Waals surface area (Å²) in [7, 11) is -3.47. The average molecular weight is 291 g/mol. The fraction of sp³-hybridized carbons (Fsp3) is 0.667. The van der Waals surface area contributed by atoms with Gasteiger partial charge in [-0.25, -0.2) is 13.1 Å². The lowest BCUT2D eigenvalue weighted by atomic mass is 9.91. The van der Waals surface area contributed by atoms with Gasteiger partial charge in [0.25, 0.3) is 0 Å². The van der Waals surface area contributed by atoms with Crippen molar-refractivity contribution in [3.05, 3.63) is 15.8 Å². The van der Waals surface area contributed by atoms with E-state index in [0.717, 1.165) is 6.42 Å². The molecule has 18 heavy (non-hydrogen) atoms. The maximum atomic E-state index is 12.2. The molecule has 0 spiro atoms. The van der Waals surface area contributed by atoms with Crippen LogP contribution in [0.15, 0.2) is 11.0 Å². The zero-order valence-corrected chi connectivity index (χ0v) is 12.9. The van der Waals surface area contributed by atoms with E-state index in [4.69, 9.17) is 5.11 Å². The van der Waals surface area contributed by atoms with Crippen molar-refractivity contribution in [2.75, 3.05) is 6.54 Å². The van der Waals surface area contributed by atoms with Crippen LogP contribution in [0.25, 0.3) is 0 Å². The Morgan fingerprint density at radius 3 is 2.50 bits per heavy atom. The maximum Gasteiger partial charge on any atom is 0.241 e. The van der Waals surface area contributed by atoms with Gasteiger partial charge in [-0.3, -0.25) is 0 Å². The molecule has 6 heteroatoms. The van der Waals surface area contributed by atoms with E-state index in [0.29, 0.717) is 16.3 Å². The lowest BCUT2D eigenvalue weighted by Crippen LogP contribution is -2.33. The standard InChI is InChI=1S/C12H21NO3S2/c1-5-12(3,4)8-13-18(15,16)11-6-10(7-14)17-9(11)2/h6,13-14H,5,7-8H2,1-4H3. The van der Waals surface area contributed by atoms with Gasteiger partial charge in [0.1, 0.15) is 0 Å². The molecular weight excluding hydrogens is 270 g/mol. The van der Waals surface area contributed by atoms with E-state index in [1.807, 2.05) is 20.8 Å². The molecule has 0 fully saturated rings. The van der Waals surface area contributed by atoms with Crippen LogP contribution in [0, 0.1) is 12.3 Å². The molecule has 0 atom stereocenters. The van der Waals surface area contributed by atoms with Gasteiger partial charge in [0.05, 0.1) is 11.5 Å². The van der Waals surface area contributed by atoms with E-state index in [9.17, 15) is 8.42 Å². The lowest BCUT2D eigenvalue weighted by Gasteiger charge is -2.22. The maximum absolute atomic E-state index is 12.2. The van der Waals surface area contributed by atoms with Crippen LogP contribution in [-0.4, -0.2) is 20.1 Å². The van der Waals surface area contributed by atoms with Crippen LogP contribution < -0.4 is 4.72 Å². The number of aliphatic hydroxyl groups is 1. The summed E-state index contributed by atoms with van der Waals surface area (Å²) in [4.78, 5) is 1.66. The van der Waals surface area contributed by atoms with E-state index in [1.54, 1.807) is 13.0 Å². The van der Waals surface area contributed by atoms with Crippen molar-refractivity contribution in [1.29, 1.82) is 0 Å². The minimum absolute atomic E-state index is 0.0587. The third-order valence-electron chi connectivity index (χ3n) is 3.07. The monoisotopic (exact) mass is 291 g/mol. The zero-order valence-electron chi connectivity index (χ0n) is 11.3. The number of aryl methyl sites for hydroxylation is 1. The first-order chi connectivity index (χ1) is 8.22. The smallest absolute Gasteiger partial charge is 0.241 e. The first-order valence-electron chi connectivity index (χ1n) is 5.91. The van der Waals surface area contributed by atoms with Gasteiger partial charge < -0.3 is 5.11 Å². The van der Waals surface area contributed by atoms with Crippen molar-refractivity contribution < 1.29 is 13.5 Å².